The second kappa shape index (κ2) is 10.0. The number of nitrogens with zero attached hydrogens (tertiary/aromatic N) is 2. The molecule has 2 aromatic rings. The highest BCUT2D eigenvalue weighted by Crippen LogP contribution is 2.34. The number of methoxy groups -OCH3 is 2. The Kier molecular flexibility index (Phi) is 7.64. The molecular weight excluding hydrogens is 481 g/mol. The van der Waals surface area contributed by atoms with Gasteiger partial charge in [-0.25, -0.2) is 9.59 Å². The monoisotopic (exact) mass is 501 g/mol. The first kappa shape index (κ1) is 23.6. The van der Waals surface area contributed by atoms with E-state index < -0.39 is 11.9 Å². The van der Waals surface area contributed by atoms with Gasteiger partial charge >= 0.3 is 11.9 Å². The Hall–Kier alpha value is -2.07. The minimum atomic E-state index is -0.543. The number of halogens is 2. The van der Waals surface area contributed by atoms with Crippen molar-refractivity contribution in [3.05, 3.63) is 44.2 Å². The van der Waals surface area contributed by atoms with Crippen LogP contribution in [0.5, 0.6) is 0 Å². The number of thiophene rings is 1. The SMILES string of the molecule is COC(=O)c1sc(NC(=S)N2CCN(c3ccc(Cl)c(Cl)c3)CC2)c(C(=O)OC)c1C. The Morgan fingerprint density at radius 3 is 2.29 bits per heavy atom. The summed E-state index contributed by atoms with van der Waals surface area (Å²) in [6.45, 7) is 4.50. The Bertz CT molecular complexity index is 1020. The van der Waals surface area contributed by atoms with Crippen molar-refractivity contribution in [2.24, 2.45) is 0 Å². The van der Waals surface area contributed by atoms with Gasteiger partial charge in [0.2, 0.25) is 0 Å². The fourth-order valence-electron chi connectivity index (χ4n) is 3.26. The number of hydrogen-bond acceptors (Lipinski definition) is 7. The third-order valence-electron chi connectivity index (χ3n) is 4.96. The first-order chi connectivity index (χ1) is 14.8. The molecule has 31 heavy (non-hydrogen) atoms. The summed E-state index contributed by atoms with van der Waals surface area (Å²) in [7, 11) is 2.59. The molecule has 0 aliphatic carbocycles. The van der Waals surface area contributed by atoms with Crippen molar-refractivity contribution in [1.29, 1.82) is 0 Å². The van der Waals surface area contributed by atoms with E-state index in [0.717, 1.165) is 30.1 Å². The predicted molar refractivity (Wildman–Crippen MR) is 128 cm³/mol. The molecule has 2 heterocycles. The molecule has 1 N–H and O–H groups in total. The average Bonchev–Trinajstić information content (AvgIpc) is 3.10. The second-order valence-electron chi connectivity index (χ2n) is 6.75. The van der Waals surface area contributed by atoms with Gasteiger partial charge in [-0.3, -0.25) is 0 Å². The van der Waals surface area contributed by atoms with Crippen LogP contribution in [-0.4, -0.2) is 62.3 Å². The van der Waals surface area contributed by atoms with E-state index >= 15 is 0 Å². The van der Waals surface area contributed by atoms with Gasteiger partial charge < -0.3 is 24.6 Å². The van der Waals surface area contributed by atoms with Crippen LogP contribution in [0, 0.1) is 6.92 Å². The normalized spacial score (nSPS) is 13.7. The lowest BCUT2D eigenvalue weighted by Gasteiger charge is -2.37. The van der Waals surface area contributed by atoms with E-state index in [4.69, 9.17) is 44.9 Å². The molecule has 0 spiro atoms. The van der Waals surface area contributed by atoms with E-state index in [1.807, 2.05) is 17.0 Å². The Balaban J connectivity index is 1.71. The Morgan fingerprint density at radius 1 is 1.06 bits per heavy atom. The summed E-state index contributed by atoms with van der Waals surface area (Å²) in [5, 5.41) is 5.08. The quantitative estimate of drug-likeness (QED) is 0.486. The van der Waals surface area contributed by atoms with Crippen LogP contribution in [-0.2, 0) is 9.47 Å². The molecule has 0 radical (unpaired) electrons. The molecule has 0 bridgehead atoms. The number of esters is 2. The van der Waals surface area contributed by atoms with Crippen molar-refractivity contribution in [2.75, 3.05) is 50.6 Å². The largest absolute Gasteiger partial charge is 0.465 e. The molecule has 1 aliphatic rings. The van der Waals surface area contributed by atoms with Gasteiger partial charge in [-0.2, -0.15) is 0 Å². The van der Waals surface area contributed by atoms with Gasteiger partial charge in [0.1, 0.15) is 9.88 Å². The first-order valence-electron chi connectivity index (χ1n) is 9.32. The van der Waals surface area contributed by atoms with Crippen LogP contribution in [0.3, 0.4) is 0 Å². The third-order valence-corrected chi connectivity index (χ3v) is 7.25. The molecule has 1 aromatic carbocycles. The van der Waals surface area contributed by atoms with Crippen LogP contribution in [0.15, 0.2) is 18.2 Å². The van der Waals surface area contributed by atoms with Crippen LogP contribution in [0.4, 0.5) is 10.7 Å². The molecular formula is C20H21Cl2N3O4S2. The maximum absolute atomic E-state index is 12.3. The number of hydrogen-bond donors (Lipinski definition) is 1. The highest BCUT2D eigenvalue weighted by molar-refractivity contribution is 7.80. The van der Waals surface area contributed by atoms with Gasteiger partial charge in [0, 0.05) is 31.9 Å². The number of benzene rings is 1. The molecule has 1 saturated heterocycles. The lowest BCUT2D eigenvalue weighted by molar-refractivity contribution is 0.0601. The number of piperazine rings is 1. The predicted octanol–water partition coefficient (Wildman–Crippen LogP) is 4.46. The highest BCUT2D eigenvalue weighted by atomic mass is 35.5. The van der Waals surface area contributed by atoms with Crippen molar-refractivity contribution < 1.29 is 19.1 Å². The van der Waals surface area contributed by atoms with Gasteiger partial charge in [0.05, 0.1) is 29.8 Å². The number of rotatable bonds is 4. The minimum absolute atomic E-state index is 0.282. The maximum atomic E-state index is 12.3. The van der Waals surface area contributed by atoms with Crippen molar-refractivity contribution in [3.8, 4) is 0 Å². The van der Waals surface area contributed by atoms with Crippen molar-refractivity contribution in [2.45, 2.75) is 6.92 Å². The van der Waals surface area contributed by atoms with Crippen LogP contribution in [0.1, 0.15) is 25.6 Å². The smallest absolute Gasteiger partial charge is 0.348 e. The zero-order valence-corrected chi connectivity index (χ0v) is 20.3. The van der Waals surface area contributed by atoms with E-state index in [-0.39, 0.29) is 5.56 Å². The van der Waals surface area contributed by atoms with Crippen LogP contribution >= 0.6 is 46.8 Å². The van der Waals surface area contributed by atoms with Crippen molar-refractivity contribution in [3.63, 3.8) is 0 Å². The number of thiocarbonyl (C=S) groups is 1. The number of carbonyl (C=O) groups excluding carboxylic acids is 2. The van der Waals surface area contributed by atoms with Crippen molar-refractivity contribution >= 4 is 74.5 Å². The van der Waals surface area contributed by atoms with Gasteiger partial charge in [0.15, 0.2) is 5.11 Å². The summed E-state index contributed by atoms with van der Waals surface area (Å²) in [6.07, 6.45) is 0. The van der Waals surface area contributed by atoms with Crippen LogP contribution < -0.4 is 10.2 Å². The Labute approximate surface area is 199 Å². The lowest BCUT2D eigenvalue weighted by atomic mass is 10.1. The summed E-state index contributed by atoms with van der Waals surface area (Å²) in [5.74, 6) is -1.06. The van der Waals surface area contributed by atoms with Crippen LogP contribution in [0.2, 0.25) is 10.0 Å². The third kappa shape index (κ3) is 5.06. The Morgan fingerprint density at radius 2 is 1.71 bits per heavy atom. The minimum Gasteiger partial charge on any atom is -0.465 e. The first-order valence-corrected chi connectivity index (χ1v) is 11.3. The fourth-order valence-corrected chi connectivity index (χ4v) is 5.02. The van der Waals surface area contributed by atoms with E-state index in [1.54, 1.807) is 13.0 Å². The molecule has 0 amide bonds. The number of nitrogens with one attached hydrogen (secondary N) is 1. The number of carbonyl (C=O) groups is 2. The molecule has 0 atom stereocenters. The molecule has 1 fully saturated rings. The average molecular weight is 502 g/mol. The van der Waals surface area contributed by atoms with Gasteiger partial charge in [-0.15, -0.1) is 11.3 Å². The second-order valence-corrected chi connectivity index (χ2v) is 8.97. The summed E-state index contributed by atoms with van der Waals surface area (Å²) in [4.78, 5) is 28.9. The fraction of sp³-hybridized carbons (Fsp3) is 0.350. The van der Waals surface area contributed by atoms with Crippen LogP contribution in [0.25, 0.3) is 0 Å². The standard InChI is InChI=1S/C20H21Cl2N3O4S2/c1-11-15(18(26)28-2)17(31-16(11)19(27)29-3)23-20(30)25-8-6-24(7-9-25)12-4-5-13(21)14(22)10-12/h4-5,10H,6-9H2,1-3H3,(H,23,30). The number of anilines is 2. The van der Waals surface area contributed by atoms with Gasteiger partial charge in [-0.05, 0) is 42.9 Å². The van der Waals surface area contributed by atoms with Gasteiger partial charge in [-0.1, -0.05) is 23.2 Å². The summed E-state index contributed by atoms with van der Waals surface area (Å²) in [5.41, 5.74) is 1.78. The van der Waals surface area contributed by atoms with E-state index in [2.05, 4.69) is 10.2 Å². The number of ether oxygens (including phenoxy) is 2. The molecule has 0 saturated carbocycles. The molecule has 1 aliphatic heterocycles. The zero-order chi connectivity index (χ0) is 22.7. The summed E-state index contributed by atoms with van der Waals surface area (Å²) >= 11 is 18.8. The molecule has 7 nitrogen and oxygen atoms in total. The highest BCUT2D eigenvalue weighted by Gasteiger charge is 2.27. The molecule has 166 valence electrons. The maximum Gasteiger partial charge on any atom is 0.348 e. The molecule has 1 aromatic heterocycles. The summed E-state index contributed by atoms with van der Waals surface area (Å²) < 4.78 is 9.70. The summed E-state index contributed by atoms with van der Waals surface area (Å²) in [6, 6.07) is 5.57. The van der Waals surface area contributed by atoms with E-state index in [0.29, 0.717) is 43.7 Å². The molecule has 3 rings (SSSR count). The zero-order valence-electron chi connectivity index (χ0n) is 17.2. The van der Waals surface area contributed by atoms with E-state index in [1.165, 1.54) is 14.2 Å². The van der Waals surface area contributed by atoms with E-state index in [9.17, 15) is 9.59 Å². The van der Waals surface area contributed by atoms with Crippen molar-refractivity contribution in [1.82, 2.24) is 4.90 Å². The topological polar surface area (TPSA) is 71.1 Å². The lowest BCUT2D eigenvalue weighted by Crippen LogP contribution is -2.50. The molecule has 11 heteroatoms. The molecule has 0 unspecified atom stereocenters. The van der Waals surface area contributed by atoms with Gasteiger partial charge in [0.25, 0.3) is 0 Å².